The lowest BCUT2D eigenvalue weighted by Gasteiger charge is -2.28. The maximum atomic E-state index is 6.44. The summed E-state index contributed by atoms with van der Waals surface area (Å²) in [6.45, 7) is 6.93. The Labute approximate surface area is 129 Å². The van der Waals surface area contributed by atoms with E-state index in [2.05, 4.69) is 27.1 Å². The third kappa shape index (κ3) is 2.46. The summed E-state index contributed by atoms with van der Waals surface area (Å²) in [6.07, 6.45) is 2.20. The van der Waals surface area contributed by atoms with E-state index in [-0.39, 0.29) is 12.1 Å². The fraction of sp³-hybridized carbons (Fsp3) is 0.643. The zero-order chi connectivity index (χ0) is 15.1. The Hall–Kier alpha value is -1.40. The van der Waals surface area contributed by atoms with Crippen LogP contribution in [0.4, 0.5) is 0 Å². The van der Waals surface area contributed by atoms with E-state index in [1.165, 1.54) is 0 Å². The average Bonchev–Trinajstić information content (AvgIpc) is 3.11. The molecule has 0 saturated carbocycles. The molecule has 6 nitrogen and oxygen atoms in total. The highest BCUT2D eigenvalue weighted by Gasteiger charge is 2.35. The standard InChI is InChI=1S/C14H20ClN5O/c1-8-12(13(15)19(4)18-8)11-6-5-7-20(11)9(2)14-17-16-10(3)21-14/h9,11H,5-7H2,1-4H3/t9-,11+/m0/s1. The molecular weight excluding hydrogens is 290 g/mol. The van der Waals surface area contributed by atoms with Crippen molar-refractivity contribution >= 4 is 11.6 Å². The highest BCUT2D eigenvalue weighted by molar-refractivity contribution is 6.30. The fourth-order valence-corrected chi connectivity index (χ4v) is 3.51. The first-order valence-corrected chi connectivity index (χ1v) is 7.61. The summed E-state index contributed by atoms with van der Waals surface area (Å²) in [7, 11) is 1.88. The molecule has 3 rings (SSSR count). The van der Waals surface area contributed by atoms with Crippen LogP contribution in [0.5, 0.6) is 0 Å². The molecule has 21 heavy (non-hydrogen) atoms. The van der Waals surface area contributed by atoms with Crippen molar-refractivity contribution < 1.29 is 4.42 Å². The molecule has 0 spiro atoms. The second-order valence-corrected chi connectivity index (χ2v) is 6.00. The van der Waals surface area contributed by atoms with Crippen molar-refractivity contribution in [3.05, 3.63) is 28.2 Å². The minimum absolute atomic E-state index is 0.0781. The van der Waals surface area contributed by atoms with Crippen LogP contribution in [-0.2, 0) is 7.05 Å². The minimum atomic E-state index is 0.0781. The molecule has 0 aliphatic carbocycles. The molecule has 2 aromatic heterocycles. The third-order valence-electron chi connectivity index (χ3n) is 4.22. The van der Waals surface area contributed by atoms with Crippen LogP contribution in [0.15, 0.2) is 4.42 Å². The van der Waals surface area contributed by atoms with Gasteiger partial charge in [-0.1, -0.05) is 11.6 Å². The van der Waals surface area contributed by atoms with Gasteiger partial charge in [-0.05, 0) is 33.2 Å². The smallest absolute Gasteiger partial charge is 0.233 e. The number of hydrogen-bond donors (Lipinski definition) is 0. The fourth-order valence-electron chi connectivity index (χ4n) is 3.21. The van der Waals surface area contributed by atoms with Gasteiger partial charge in [-0.2, -0.15) is 5.10 Å². The van der Waals surface area contributed by atoms with Gasteiger partial charge in [-0.25, -0.2) is 0 Å². The highest BCUT2D eigenvalue weighted by atomic mass is 35.5. The first kappa shape index (κ1) is 14.5. The summed E-state index contributed by atoms with van der Waals surface area (Å²) in [4.78, 5) is 2.38. The van der Waals surface area contributed by atoms with E-state index in [0.29, 0.717) is 11.8 Å². The van der Waals surface area contributed by atoms with Crippen molar-refractivity contribution in [3.63, 3.8) is 0 Å². The molecule has 0 bridgehead atoms. The Bertz CT molecular complexity index is 650. The lowest BCUT2D eigenvalue weighted by molar-refractivity contribution is 0.166. The van der Waals surface area contributed by atoms with E-state index in [4.69, 9.17) is 16.0 Å². The highest BCUT2D eigenvalue weighted by Crippen LogP contribution is 2.41. The normalized spacial score (nSPS) is 21.1. The molecule has 2 aromatic rings. The van der Waals surface area contributed by atoms with Crippen LogP contribution < -0.4 is 0 Å². The summed E-state index contributed by atoms with van der Waals surface area (Å²) < 4.78 is 7.33. The molecule has 0 aromatic carbocycles. The predicted molar refractivity (Wildman–Crippen MR) is 79.1 cm³/mol. The van der Waals surface area contributed by atoms with E-state index in [1.54, 1.807) is 4.68 Å². The molecule has 0 unspecified atom stereocenters. The Balaban J connectivity index is 1.92. The third-order valence-corrected chi connectivity index (χ3v) is 4.67. The van der Waals surface area contributed by atoms with Crippen LogP contribution >= 0.6 is 11.6 Å². The van der Waals surface area contributed by atoms with Gasteiger partial charge in [0.2, 0.25) is 11.8 Å². The minimum Gasteiger partial charge on any atom is -0.424 e. The maximum Gasteiger partial charge on any atom is 0.233 e. The van der Waals surface area contributed by atoms with E-state index < -0.39 is 0 Å². The van der Waals surface area contributed by atoms with Crippen LogP contribution in [0.3, 0.4) is 0 Å². The van der Waals surface area contributed by atoms with Crippen LogP contribution in [0.25, 0.3) is 0 Å². The topological polar surface area (TPSA) is 60.0 Å². The van der Waals surface area contributed by atoms with Crippen LogP contribution in [0.2, 0.25) is 5.15 Å². The number of aryl methyl sites for hydroxylation is 3. The van der Waals surface area contributed by atoms with Crippen molar-refractivity contribution in [2.24, 2.45) is 7.05 Å². The Morgan fingerprint density at radius 1 is 1.33 bits per heavy atom. The van der Waals surface area contributed by atoms with Crippen LogP contribution in [0.1, 0.15) is 54.9 Å². The Kier molecular flexibility index (Phi) is 3.75. The molecule has 114 valence electrons. The van der Waals surface area contributed by atoms with Crippen molar-refractivity contribution in [2.75, 3.05) is 6.54 Å². The zero-order valence-corrected chi connectivity index (χ0v) is 13.6. The first-order valence-electron chi connectivity index (χ1n) is 7.23. The van der Waals surface area contributed by atoms with E-state index >= 15 is 0 Å². The molecule has 1 fully saturated rings. The number of halogens is 1. The predicted octanol–water partition coefficient (Wildman–Crippen LogP) is 2.97. The number of hydrogen-bond acceptors (Lipinski definition) is 5. The van der Waals surface area contributed by atoms with Gasteiger partial charge in [0.25, 0.3) is 0 Å². The second-order valence-electron chi connectivity index (χ2n) is 5.64. The molecule has 1 saturated heterocycles. The zero-order valence-electron chi connectivity index (χ0n) is 12.8. The van der Waals surface area contributed by atoms with Gasteiger partial charge in [0.15, 0.2) is 0 Å². The van der Waals surface area contributed by atoms with Crippen molar-refractivity contribution in [3.8, 4) is 0 Å². The number of aromatic nitrogens is 4. The second kappa shape index (κ2) is 5.42. The summed E-state index contributed by atoms with van der Waals surface area (Å²) in [6, 6.07) is 0.336. The van der Waals surface area contributed by atoms with E-state index in [0.717, 1.165) is 35.8 Å². The number of rotatable bonds is 3. The van der Waals surface area contributed by atoms with Crippen LogP contribution in [-0.4, -0.2) is 31.4 Å². The van der Waals surface area contributed by atoms with Crippen molar-refractivity contribution in [1.82, 2.24) is 24.9 Å². The average molecular weight is 310 g/mol. The first-order chi connectivity index (χ1) is 9.99. The molecule has 7 heteroatoms. The van der Waals surface area contributed by atoms with Gasteiger partial charge < -0.3 is 4.42 Å². The molecule has 0 radical (unpaired) electrons. The molecule has 1 aliphatic heterocycles. The molecule has 0 N–H and O–H groups in total. The van der Waals surface area contributed by atoms with E-state index in [1.807, 2.05) is 20.9 Å². The maximum absolute atomic E-state index is 6.44. The van der Waals surface area contributed by atoms with E-state index in [9.17, 15) is 0 Å². The SMILES string of the molecule is Cc1nnc([C@H](C)N2CCC[C@@H]2c2c(C)nn(C)c2Cl)o1. The monoisotopic (exact) mass is 309 g/mol. The molecule has 1 aliphatic rings. The van der Waals surface area contributed by atoms with Gasteiger partial charge in [-0.3, -0.25) is 9.58 Å². The van der Waals surface area contributed by atoms with Crippen LogP contribution in [0, 0.1) is 13.8 Å². The molecule has 3 heterocycles. The van der Waals surface area contributed by atoms with Crippen molar-refractivity contribution in [2.45, 2.75) is 45.7 Å². The van der Waals surface area contributed by atoms with Gasteiger partial charge in [0, 0.05) is 25.6 Å². The quantitative estimate of drug-likeness (QED) is 0.872. The largest absolute Gasteiger partial charge is 0.424 e. The summed E-state index contributed by atoms with van der Waals surface area (Å²) in [5.74, 6) is 1.26. The van der Waals surface area contributed by atoms with Crippen molar-refractivity contribution in [1.29, 1.82) is 0 Å². The number of likely N-dealkylation sites (tertiary alicyclic amines) is 1. The van der Waals surface area contributed by atoms with Gasteiger partial charge >= 0.3 is 0 Å². The van der Waals surface area contributed by atoms with Gasteiger partial charge in [0.1, 0.15) is 5.15 Å². The summed E-state index contributed by atoms with van der Waals surface area (Å²) in [5.41, 5.74) is 2.12. The van der Waals surface area contributed by atoms with Gasteiger partial charge in [-0.15, -0.1) is 10.2 Å². The summed E-state index contributed by atoms with van der Waals surface area (Å²) >= 11 is 6.44. The molecular formula is C14H20ClN5O. The summed E-state index contributed by atoms with van der Waals surface area (Å²) in [5, 5.41) is 13.2. The lowest BCUT2D eigenvalue weighted by atomic mass is 10.0. The molecule has 0 amide bonds. The number of nitrogens with zero attached hydrogens (tertiary/aromatic N) is 5. The molecule has 2 atom stereocenters. The van der Waals surface area contributed by atoms with Gasteiger partial charge in [0.05, 0.1) is 11.7 Å². The Morgan fingerprint density at radius 3 is 2.67 bits per heavy atom. The lowest BCUT2D eigenvalue weighted by Crippen LogP contribution is -2.27. The Morgan fingerprint density at radius 2 is 2.10 bits per heavy atom.